The van der Waals surface area contributed by atoms with Crippen LogP contribution in [0.1, 0.15) is 22.7 Å². The first kappa shape index (κ1) is 19.9. The van der Waals surface area contributed by atoms with E-state index < -0.39 is 6.04 Å². The van der Waals surface area contributed by atoms with Crippen LogP contribution in [0.5, 0.6) is 5.75 Å². The Balaban J connectivity index is 2.00. The second-order valence-electron chi connectivity index (χ2n) is 6.54. The predicted molar refractivity (Wildman–Crippen MR) is 114 cm³/mol. The van der Waals surface area contributed by atoms with Gasteiger partial charge in [0, 0.05) is 11.3 Å². The van der Waals surface area contributed by atoms with Crippen molar-refractivity contribution >= 4 is 11.6 Å². The molecule has 4 heteroatoms. The van der Waals surface area contributed by atoms with Crippen molar-refractivity contribution in [3.05, 3.63) is 108 Å². The number of nitriles is 1. The summed E-state index contributed by atoms with van der Waals surface area (Å²) in [4.78, 5) is 14.2. The summed E-state index contributed by atoms with van der Waals surface area (Å²) < 4.78 is 6.02. The summed E-state index contributed by atoms with van der Waals surface area (Å²) in [6, 6.07) is 26.0. The van der Waals surface area contributed by atoms with Gasteiger partial charge in [-0.05, 0) is 36.3 Å². The predicted octanol–water partition coefficient (Wildman–Crippen LogP) is 5.36. The topological polar surface area (TPSA) is 53.3 Å². The first-order chi connectivity index (χ1) is 14.2. The highest BCUT2D eigenvalue weighted by Gasteiger charge is 2.28. The molecule has 29 heavy (non-hydrogen) atoms. The van der Waals surface area contributed by atoms with E-state index in [1.54, 1.807) is 0 Å². The maximum Gasteiger partial charge on any atom is 0.251 e. The minimum absolute atomic E-state index is 0.344. The molecule has 144 valence electrons. The van der Waals surface area contributed by atoms with Gasteiger partial charge in [0.1, 0.15) is 12.4 Å². The fourth-order valence-corrected chi connectivity index (χ4v) is 3.16. The summed E-state index contributed by atoms with van der Waals surface area (Å²) in [5, 5.41) is 10.0. The molecule has 1 atom stereocenters. The molecule has 3 aromatic carbocycles. The Hall–Kier alpha value is -3.84. The fourth-order valence-electron chi connectivity index (χ4n) is 3.16. The van der Waals surface area contributed by atoms with Gasteiger partial charge in [0.05, 0.1) is 6.07 Å². The molecule has 0 aromatic heterocycles. The molecule has 4 nitrogen and oxygen atoms in total. The lowest BCUT2D eigenvalue weighted by molar-refractivity contribution is -0.114. The molecule has 0 N–H and O–H groups in total. The van der Waals surface area contributed by atoms with Crippen LogP contribution in [0.4, 0.5) is 5.69 Å². The summed E-state index contributed by atoms with van der Waals surface area (Å²) in [6.45, 7) is 5.89. The van der Waals surface area contributed by atoms with Gasteiger partial charge >= 0.3 is 0 Å². The van der Waals surface area contributed by atoms with Gasteiger partial charge in [0.25, 0.3) is 5.91 Å². The Morgan fingerprint density at radius 3 is 2.41 bits per heavy atom. The zero-order chi connectivity index (χ0) is 20.6. The SMILES string of the molecule is C=CC(=O)N(c1ccccc1C)C(C#N)c1ccccc1OCc1ccccc1. The number of anilines is 1. The molecule has 0 fully saturated rings. The lowest BCUT2D eigenvalue weighted by Crippen LogP contribution is -2.33. The zero-order valence-electron chi connectivity index (χ0n) is 16.3. The van der Waals surface area contributed by atoms with Gasteiger partial charge in [0.2, 0.25) is 0 Å². The number of nitrogens with zero attached hydrogens (tertiary/aromatic N) is 2. The van der Waals surface area contributed by atoms with E-state index in [2.05, 4.69) is 12.6 Å². The van der Waals surface area contributed by atoms with E-state index in [9.17, 15) is 10.1 Å². The van der Waals surface area contributed by atoms with Gasteiger partial charge in [-0.3, -0.25) is 9.69 Å². The molecule has 3 aromatic rings. The summed E-state index contributed by atoms with van der Waals surface area (Å²) in [5.41, 5.74) is 3.21. The van der Waals surface area contributed by atoms with Crippen LogP contribution in [0.3, 0.4) is 0 Å². The monoisotopic (exact) mass is 382 g/mol. The van der Waals surface area contributed by atoms with Crippen molar-refractivity contribution in [2.75, 3.05) is 4.90 Å². The van der Waals surface area contributed by atoms with E-state index in [4.69, 9.17) is 4.74 Å². The molecule has 3 rings (SSSR count). The van der Waals surface area contributed by atoms with Crippen molar-refractivity contribution in [1.29, 1.82) is 5.26 Å². The average Bonchev–Trinajstić information content (AvgIpc) is 2.77. The second-order valence-corrected chi connectivity index (χ2v) is 6.54. The molecule has 0 aliphatic heterocycles. The molecule has 0 heterocycles. The smallest absolute Gasteiger partial charge is 0.251 e. The van der Waals surface area contributed by atoms with Gasteiger partial charge in [-0.1, -0.05) is 73.3 Å². The van der Waals surface area contributed by atoms with Crippen molar-refractivity contribution in [1.82, 2.24) is 0 Å². The van der Waals surface area contributed by atoms with Gasteiger partial charge in [-0.15, -0.1) is 0 Å². The van der Waals surface area contributed by atoms with E-state index in [0.29, 0.717) is 23.6 Å². The van der Waals surface area contributed by atoms with E-state index >= 15 is 0 Å². The Morgan fingerprint density at radius 2 is 1.72 bits per heavy atom. The third-order valence-electron chi connectivity index (χ3n) is 4.62. The largest absolute Gasteiger partial charge is 0.489 e. The van der Waals surface area contributed by atoms with Gasteiger partial charge < -0.3 is 4.74 Å². The van der Waals surface area contributed by atoms with Gasteiger partial charge in [0.15, 0.2) is 6.04 Å². The molecule has 0 spiro atoms. The molecule has 0 saturated carbocycles. The van der Waals surface area contributed by atoms with Crippen LogP contribution in [0.15, 0.2) is 91.5 Å². The van der Waals surface area contributed by atoms with E-state index in [-0.39, 0.29) is 5.91 Å². The summed E-state index contributed by atoms with van der Waals surface area (Å²) in [6.07, 6.45) is 1.23. The molecule has 0 aliphatic rings. The van der Waals surface area contributed by atoms with Crippen LogP contribution in [-0.2, 0) is 11.4 Å². The van der Waals surface area contributed by atoms with Gasteiger partial charge in [-0.25, -0.2) is 0 Å². The summed E-state index contributed by atoms with van der Waals surface area (Å²) in [5.74, 6) is 0.224. The second kappa shape index (κ2) is 9.38. The van der Waals surface area contributed by atoms with Crippen LogP contribution >= 0.6 is 0 Å². The molecular formula is C25H22N2O2. The number of ether oxygens (including phenoxy) is 1. The van der Waals surface area contributed by atoms with Crippen molar-refractivity contribution in [3.63, 3.8) is 0 Å². The minimum atomic E-state index is -0.853. The average molecular weight is 382 g/mol. The first-order valence-electron chi connectivity index (χ1n) is 9.32. The number of carbonyl (C=O) groups is 1. The van der Waals surface area contributed by atoms with Gasteiger partial charge in [-0.2, -0.15) is 5.26 Å². The van der Waals surface area contributed by atoms with Crippen LogP contribution in [0.25, 0.3) is 0 Å². The fraction of sp³-hybridized carbons (Fsp3) is 0.120. The minimum Gasteiger partial charge on any atom is -0.489 e. The Bertz CT molecular complexity index is 1040. The van der Waals surface area contributed by atoms with Crippen molar-refractivity contribution in [2.45, 2.75) is 19.6 Å². The van der Waals surface area contributed by atoms with E-state index in [0.717, 1.165) is 11.1 Å². The van der Waals surface area contributed by atoms with Crippen LogP contribution in [-0.4, -0.2) is 5.91 Å². The maximum absolute atomic E-state index is 12.7. The van der Waals surface area contributed by atoms with Crippen molar-refractivity contribution in [2.24, 2.45) is 0 Å². The number of benzene rings is 3. The lowest BCUT2D eigenvalue weighted by Gasteiger charge is -2.29. The molecule has 1 amide bonds. The highest BCUT2D eigenvalue weighted by Crippen LogP contribution is 2.34. The van der Waals surface area contributed by atoms with Crippen molar-refractivity contribution in [3.8, 4) is 11.8 Å². The number of hydrogen-bond donors (Lipinski definition) is 0. The van der Waals surface area contributed by atoms with E-state index in [1.165, 1.54) is 11.0 Å². The molecule has 0 aliphatic carbocycles. The standard InChI is InChI=1S/C25H22N2O2/c1-3-25(28)27(22-15-9-7-11-19(22)2)23(17-26)21-14-8-10-16-24(21)29-18-20-12-5-4-6-13-20/h3-16,23H,1,18H2,2H3. The Kier molecular flexibility index (Phi) is 6.44. The Labute approximate surface area is 171 Å². The van der Waals surface area contributed by atoms with Crippen LogP contribution < -0.4 is 9.64 Å². The zero-order valence-corrected chi connectivity index (χ0v) is 16.3. The molecule has 1 unspecified atom stereocenters. The molecule has 0 bridgehead atoms. The normalized spacial score (nSPS) is 11.2. The Morgan fingerprint density at radius 1 is 1.07 bits per heavy atom. The molecule has 0 radical (unpaired) electrons. The first-order valence-corrected chi connectivity index (χ1v) is 9.32. The number of aryl methyl sites for hydroxylation is 1. The molecule has 0 saturated heterocycles. The summed E-state index contributed by atoms with van der Waals surface area (Å²) in [7, 11) is 0. The highest BCUT2D eigenvalue weighted by molar-refractivity contribution is 6.02. The quantitative estimate of drug-likeness (QED) is 0.517. The third kappa shape index (κ3) is 4.53. The third-order valence-corrected chi connectivity index (χ3v) is 4.62. The number of para-hydroxylation sites is 2. The summed E-state index contributed by atoms with van der Waals surface area (Å²) >= 11 is 0. The maximum atomic E-state index is 12.7. The van der Waals surface area contributed by atoms with E-state index in [1.807, 2.05) is 85.8 Å². The van der Waals surface area contributed by atoms with Crippen LogP contribution in [0.2, 0.25) is 0 Å². The molecular weight excluding hydrogens is 360 g/mol. The number of hydrogen-bond acceptors (Lipinski definition) is 3. The number of amides is 1. The van der Waals surface area contributed by atoms with Crippen molar-refractivity contribution < 1.29 is 9.53 Å². The number of carbonyl (C=O) groups excluding carboxylic acids is 1. The van der Waals surface area contributed by atoms with Crippen LogP contribution in [0, 0.1) is 18.3 Å². The number of rotatable bonds is 7. The highest BCUT2D eigenvalue weighted by atomic mass is 16.5. The lowest BCUT2D eigenvalue weighted by atomic mass is 10.0.